The number of nitrogens with zero attached hydrogens (tertiary/aromatic N) is 2. The molecule has 0 aromatic heterocycles. The summed E-state index contributed by atoms with van der Waals surface area (Å²) >= 11 is 0. The maximum atomic E-state index is 15.1. The predicted molar refractivity (Wildman–Crippen MR) is 247 cm³/mol. The summed E-state index contributed by atoms with van der Waals surface area (Å²) in [4.78, 5) is 71.8. The number of hydrogen-bond acceptors (Lipinski definition) is 5. The fourth-order valence-electron chi connectivity index (χ4n) is 9.48. The lowest BCUT2D eigenvalue weighted by atomic mass is 9.84. The molecule has 2 aromatic rings. The minimum atomic E-state index is -4.68. The lowest BCUT2D eigenvalue weighted by Gasteiger charge is -2.34. The van der Waals surface area contributed by atoms with E-state index in [2.05, 4.69) is 36.1 Å². The molecule has 2 aliphatic heterocycles. The normalized spacial score (nSPS) is 25.0. The highest BCUT2D eigenvalue weighted by atomic mass is 31.1. The van der Waals surface area contributed by atoms with Crippen molar-refractivity contribution in [3.8, 4) is 0 Å². The van der Waals surface area contributed by atoms with Crippen molar-refractivity contribution in [2.75, 3.05) is 32.8 Å². The number of unbranched alkanes of at least 4 members (excludes halogenated alkanes) is 6. The van der Waals surface area contributed by atoms with Gasteiger partial charge in [-0.3, -0.25) is 24.0 Å². The number of carbonyl (C=O) groups is 5. The zero-order chi connectivity index (χ0) is 46.0. The molecular formula is C50H67F3N5O5P. The van der Waals surface area contributed by atoms with Crippen LogP contribution >= 0.6 is 7.55 Å². The lowest BCUT2D eigenvalue weighted by Crippen LogP contribution is -2.50. The van der Waals surface area contributed by atoms with Gasteiger partial charge in [-0.25, -0.2) is 0 Å². The Morgan fingerprint density at radius 3 is 2.14 bits per heavy atom. The summed E-state index contributed by atoms with van der Waals surface area (Å²) in [5.41, 5.74) is 2.55. The first kappa shape index (κ1) is 48.9. The van der Waals surface area contributed by atoms with Crippen LogP contribution < -0.4 is 16.0 Å². The first-order valence-electron chi connectivity index (χ1n) is 23.5. The molecule has 2 aliphatic carbocycles. The van der Waals surface area contributed by atoms with Gasteiger partial charge >= 0.3 is 6.18 Å². The summed E-state index contributed by atoms with van der Waals surface area (Å²) in [5, 5.41) is 9.14. The number of nitrogens with one attached hydrogen (secondary N) is 3. The maximum Gasteiger partial charge on any atom is 0.399 e. The summed E-state index contributed by atoms with van der Waals surface area (Å²) in [5.74, 6) is -4.96. The Morgan fingerprint density at radius 2 is 1.52 bits per heavy atom. The average molecular weight is 906 g/mol. The molecular weight excluding hydrogens is 839 g/mol. The van der Waals surface area contributed by atoms with E-state index in [4.69, 9.17) is 0 Å². The van der Waals surface area contributed by atoms with Crippen LogP contribution in [-0.2, 0) is 19.2 Å². The Labute approximate surface area is 378 Å². The van der Waals surface area contributed by atoms with Gasteiger partial charge < -0.3 is 25.8 Å². The molecule has 2 heterocycles. The van der Waals surface area contributed by atoms with Crippen molar-refractivity contribution in [1.82, 2.24) is 25.8 Å². The van der Waals surface area contributed by atoms with E-state index in [0.29, 0.717) is 19.4 Å². The molecule has 5 amide bonds. The van der Waals surface area contributed by atoms with Crippen molar-refractivity contribution in [3.05, 3.63) is 88.6 Å². The van der Waals surface area contributed by atoms with Crippen molar-refractivity contribution in [1.29, 1.82) is 0 Å². The number of hydrogen-bond donors (Lipinski definition) is 3. The average Bonchev–Trinajstić information content (AvgIpc) is 4.17. The summed E-state index contributed by atoms with van der Waals surface area (Å²) in [6, 6.07) is 14.3. The second-order valence-electron chi connectivity index (χ2n) is 18.2. The summed E-state index contributed by atoms with van der Waals surface area (Å²) in [6.45, 7) is 6.78. The number of amides is 5. The van der Waals surface area contributed by atoms with Crippen LogP contribution in [0.1, 0.15) is 137 Å². The fraction of sp³-hybridized carbons (Fsp3) is 0.580. The van der Waals surface area contributed by atoms with Crippen LogP contribution in [0.2, 0.25) is 0 Å². The molecule has 348 valence electrons. The van der Waals surface area contributed by atoms with Gasteiger partial charge in [-0.2, -0.15) is 13.2 Å². The highest BCUT2D eigenvalue weighted by molar-refractivity contribution is 7.58. The molecule has 2 saturated carbocycles. The first-order valence-corrected chi connectivity index (χ1v) is 25.5. The van der Waals surface area contributed by atoms with Crippen LogP contribution in [0.3, 0.4) is 0 Å². The van der Waals surface area contributed by atoms with Gasteiger partial charge in [0.25, 0.3) is 5.91 Å². The largest absolute Gasteiger partial charge is 0.399 e. The van der Waals surface area contributed by atoms with Crippen LogP contribution in [0.25, 0.3) is 0 Å². The van der Waals surface area contributed by atoms with E-state index >= 15 is 13.2 Å². The standard InChI is InChI=1S/C50H67F3N5O5P/c1-5-7-9-14-20-44(59)58-28-16-19-34(25-26-42(58)48(62)54-27-15-10-8-6-2)45(50(51,52)53)35-21-23-36(24-22-35)49(63)57-31-38(39(32-57)47(61)56-41-30-43(41)64(3)4)46(60)55-40-29-37(40)33-17-12-11-13-18-33/h11-13,17-19,21-24,37-42,45H,3,5-10,14-16,20,25-32H2,1-2,4H3,(H,54,62)(H,55,60)(H,56,61)/b34-19-/t37-,38-,39-,40+,41+,42-,45?/m1/s1. The quantitative estimate of drug-likeness (QED) is 0.0531. The zero-order valence-electron chi connectivity index (χ0n) is 37.8. The van der Waals surface area contributed by atoms with Gasteiger partial charge in [-0.05, 0) is 61.8 Å². The van der Waals surface area contributed by atoms with Gasteiger partial charge in [-0.1, -0.05) is 126 Å². The van der Waals surface area contributed by atoms with Crippen molar-refractivity contribution in [3.63, 3.8) is 0 Å². The first-order chi connectivity index (χ1) is 30.7. The smallest absolute Gasteiger partial charge is 0.381 e. The summed E-state index contributed by atoms with van der Waals surface area (Å²) < 4.78 is 45.4. The second kappa shape index (κ2) is 22.6. The van der Waals surface area contributed by atoms with Gasteiger partial charge in [0.05, 0.1) is 18.5 Å². The van der Waals surface area contributed by atoms with Crippen molar-refractivity contribution in [2.45, 2.75) is 140 Å². The molecule has 3 N–H and O–H groups in total. The van der Waals surface area contributed by atoms with E-state index < -0.39 is 43.4 Å². The number of benzene rings is 2. The Morgan fingerprint density at radius 1 is 0.859 bits per heavy atom. The minimum Gasteiger partial charge on any atom is -0.381 e. The molecule has 6 rings (SSSR count). The summed E-state index contributed by atoms with van der Waals surface area (Å²) in [6.07, 6.45) is 10.4. The molecule has 0 spiro atoms. The summed E-state index contributed by atoms with van der Waals surface area (Å²) in [7, 11) is -0.569. The van der Waals surface area contributed by atoms with Gasteiger partial charge in [-0.15, -0.1) is 6.42 Å². The van der Waals surface area contributed by atoms with Gasteiger partial charge in [0.15, 0.2) is 0 Å². The van der Waals surface area contributed by atoms with E-state index in [1.54, 1.807) is 11.0 Å². The monoisotopic (exact) mass is 905 g/mol. The van der Waals surface area contributed by atoms with Crippen molar-refractivity contribution in [2.24, 2.45) is 11.8 Å². The number of halogens is 3. The van der Waals surface area contributed by atoms with E-state index in [0.717, 1.165) is 63.4 Å². The Bertz CT molecular complexity index is 1990. The van der Waals surface area contributed by atoms with Gasteiger partial charge in [0, 0.05) is 56.4 Å². The second-order valence-corrected chi connectivity index (χ2v) is 20.2. The molecule has 2 unspecified atom stereocenters. The van der Waals surface area contributed by atoms with Crippen LogP contribution in [0, 0.1) is 17.5 Å². The van der Waals surface area contributed by atoms with Crippen LogP contribution in [0.15, 0.2) is 66.2 Å². The molecule has 4 aliphatic rings. The molecule has 2 aromatic carbocycles. The third-order valence-corrected chi connectivity index (χ3v) is 14.8. The third kappa shape index (κ3) is 12.8. The van der Waals surface area contributed by atoms with Gasteiger partial charge in [0.2, 0.25) is 23.6 Å². The minimum absolute atomic E-state index is 0.00555. The highest BCUT2D eigenvalue weighted by Gasteiger charge is 2.48. The van der Waals surface area contributed by atoms with E-state index in [9.17, 15) is 24.0 Å². The zero-order valence-corrected chi connectivity index (χ0v) is 38.7. The Balaban J connectivity index is 1.15. The molecule has 1 saturated heterocycles. The molecule has 0 radical (unpaired) electrons. The van der Waals surface area contributed by atoms with E-state index in [1.807, 2.05) is 37.0 Å². The van der Waals surface area contributed by atoms with Crippen LogP contribution in [-0.4, -0.2) is 103 Å². The molecule has 64 heavy (non-hydrogen) atoms. The molecule has 0 bridgehead atoms. The topological polar surface area (TPSA) is 128 Å². The number of alkyl halides is 3. The SMILES string of the molecule is C=[P+](C)[C-]1C[C@@H]1NC(=O)[C@@H]1CN(C(=O)c2ccc(C(/C3=C\CCN(C(=O)CCCCCC)[C@@H](C(=O)NCCCCCC)CC3)C(F)(F)F)cc2)C[C@H]1C(=O)N[C@H]1C[C@@H]1c1ccccc1. The van der Waals surface area contributed by atoms with Crippen molar-refractivity contribution >= 4 is 43.4 Å². The van der Waals surface area contributed by atoms with E-state index in [1.165, 1.54) is 34.8 Å². The number of allylic oxidation sites excluding steroid dienone is 1. The lowest BCUT2D eigenvalue weighted by molar-refractivity contribution is -0.144. The predicted octanol–water partition coefficient (Wildman–Crippen LogP) is 8.63. The molecule has 3 fully saturated rings. The third-order valence-electron chi connectivity index (χ3n) is 13.3. The van der Waals surface area contributed by atoms with Gasteiger partial charge in [0.1, 0.15) is 12.0 Å². The fourth-order valence-corrected chi connectivity index (χ4v) is 10.6. The van der Waals surface area contributed by atoms with Crippen molar-refractivity contribution < 1.29 is 37.1 Å². The molecule has 10 nitrogen and oxygen atoms in total. The van der Waals surface area contributed by atoms with Crippen LogP contribution in [0.4, 0.5) is 13.2 Å². The highest BCUT2D eigenvalue weighted by Crippen LogP contribution is 2.51. The van der Waals surface area contributed by atoms with E-state index in [-0.39, 0.29) is 97.2 Å². The number of rotatable bonds is 20. The Kier molecular flexibility index (Phi) is 17.3. The number of likely N-dealkylation sites (tertiary alicyclic amines) is 1. The number of carbonyl (C=O) groups excluding carboxylic acids is 5. The molecule has 8 atom stereocenters. The molecule has 14 heteroatoms. The Hall–Kier alpha value is -4.51. The van der Waals surface area contributed by atoms with Crippen LogP contribution in [0.5, 0.6) is 0 Å². The maximum absolute atomic E-state index is 15.1.